The van der Waals surface area contributed by atoms with Crippen LogP contribution in [0.5, 0.6) is 0 Å². The van der Waals surface area contributed by atoms with E-state index < -0.39 is 6.11 Å². The minimum atomic E-state index is -3.12. The Kier molecular flexibility index (Phi) is 4.48. The summed E-state index contributed by atoms with van der Waals surface area (Å²) in [7, 11) is 0. The Morgan fingerprint density at radius 1 is 1.43 bits per heavy atom. The third-order valence-electron chi connectivity index (χ3n) is 1.89. The third-order valence-corrected chi connectivity index (χ3v) is 2.57. The van der Waals surface area contributed by atoms with Crippen molar-refractivity contribution in [3.63, 3.8) is 0 Å². The summed E-state index contributed by atoms with van der Waals surface area (Å²) in [6.45, 7) is 2.15. The van der Waals surface area contributed by atoms with E-state index >= 15 is 0 Å². The summed E-state index contributed by atoms with van der Waals surface area (Å²) >= 11 is 1.25. The fourth-order valence-corrected chi connectivity index (χ4v) is 1.73. The maximum atomic E-state index is 13.2. The van der Waals surface area contributed by atoms with E-state index in [2.05, 4.69) is 4.74 Å². The second-order valence-corrected chi connectivity index (χ2v) is 3.86. The Bertz CT molecular complexity index is 247. The van der Waals surface area contributed by atoms with Crippen molar-refractivity contribution in [1.82, 2.24) is 0 Å². The van der Waals surface area contributed by atoms with Crippen LogP contribution >= 0.6 is 11.3 Å². The van der Waals surface area contributed by atoms with Crippen molar-refractivity contribution in [2.24, 2.45) is 0 Å². The first-order valence-corrected chi connectivity index (χ1v) is 5.65. The number of unbranched alkanes of at least 4 members (excludes halogenated alkanes) is 2. The van der Waals surface area contributed by atoms with Crippen molar-refractivity contribution in [1.29, 1.82) is 0 Å². The lowest BCUT2D eigenvalue weighted by molar-refractivity contribution is -0.248. The molecule has 1 rings (SSSR count). The highest BCUT2D eigenvalue weighted by atomic mass is 32.1. The SMILES string of the molecule is CCCCCOC(F)(F)c1ccsc1. The van der Waals surface area contributed by atoms with E-state index in [1.54, 1.807) is 5.38 Å². The smallest absolute Gasteiger partial charge is 0.317 e. The second kappa shape index (κ2) is 5.41. The molecule has 14 heavy (non-hydrogen) atoms. The lowest BCUT2D eigenvalue weighted by Gasteiger charge is -2.15. The van der Waals surface area contributed by atoms with Crippen LogP contribution in [0.2, 0.25) is 0 Å². The summed E-state index contributed by atoms with van der Waals surface area (Å²) in [5, 5.41) is 3.04. The molecule has 0 unspecified atom stereocenters. The van der Waals surface area contributed by atoms with E-state index in [0.29, 0.717) is 6.42 Å². The molecule has 0 saturated carbocycles. The van der Waals surface area contributed by atoms with Crippen molar-refractivity contribution in [3.8, 4) is 0 Å². The van der Waals surface area contributed by atoms with Gasteiger partial charge in [0.1, 0.15) is 0 Å². The minimum absolute atomic E-state index is 0.0426. The van der Waals surface area contributed by atoms with E-state index in [0.717, 1.165) is 12.8 Å². The Labute approximate surface area is 86.7 Å². The number of hydrogen-bond donors (Lipinski definition) is 0. The maximum Gasteiger partial charge on any atom is 0.384 e. The molecule has 0 atom stereocenters. The quantitative estimate of drug-likeness (QED) is 0.658. The summed E-state index contributed by atoms with van der Waals surface area (Å²) in [5.41, 5.74) is -0.0426. The lowest BCUT2D eigenvalue weighted by Crippen LogP contribution is -2.17. The molecule has 0 aliphatic carbocycles. The van der Waals surface area contributed by atoms with E-state index in [1.807, 2.05) is 6.92 Å². The minimum Gasteiger partial charge on any atom is -0.317 e. The van der Waals surface area contributed by atoms with Crippen molar-refractivity contribution in [2.75, 3.05) is 6.61 Å². The summed E-state index contributed by atoms with van der Waals surface area (Å²) < 4.78 is 31.0. The van der Waals surface area contributed by atoms with Crippen molar-refractivity contribution >= 4 is 11.3 Å². The third kappa shape index (κ3) is 3.35. The number of rotatable bonds is 6. The molecule has 1 aromatic rings. The Hall–Kier alpha value is -0.480. The average Bonchev–Trinajstić information content (AvgIpc) is 2.65. The van der Waals surface area contributed by atoms with Gasteiger partial charge in [0.2, 0.25) is 0 Å². The zero-order chi connectivity index (χ0) is 10.4. The molecule has 0 spiro atoms. The molecule has 0 amide bonds. The normalized spacial score (nSPS) is 11.9. The number of hydrogen-bond acceptors (Lipinski definition) is 2. The van der Waals surface area contributed by atoms with E-state index in [-0.39, 0.29) is 12.2 Å². The predicted molar refractivity (Wildman–Crippen MR) is 53.7 cm³/mol. The van der Waals surface area contributed by atoms with Gasteiger partial charge in [-0.25, -0.2) is 0 Å². The van der Waals surface area contributed by atoms with Gasteiger partial charge >= 0.3 is 6.11 Å². The van der Waals surface area contributed by atoms with Gasteiger partial charge in [-0.3, -0.25) is 0 Å². The topological polar surface area (TPSA) is 9.23 Å². The molecule has 0 fully saturated rings. The molecule has 0 aromatic carbocycles. The largest absolute Gasteiger partial charge is 0.384 e. The van der Waals surface area contributed by atoms with Crippen molar-refractivity contribution in [2.45, 2.75) is 32.3 Å². The van der Waals surface area contributed by atoms with E-state index in [4.69, 9.17) is 0 Å². The molecule has 0 aliphatic heterocycles. The molecule has 4 heteroatoms. The van der Waals surface area contributed by atoms with Gasteiger partial charge in [0.05, 0.1) is 12.2 Å². The fourth-order valence-electron chi connectivity index (χ4n) is 1.07. The standard InChI is InChI=1S/C10H14F2OS/c1-2-3-4-6-13-10(11,12)9-5-7-14-8-9/h5,7-8H,2-4,6H2,1H3. The number of halogens is 2. The van der Waals surface area contributed by atoms with Crippen LogP contribution in [0.3, 0.4) is 0 Å². The molecule has 0 bridgehead atoms. The first kappa shape index (κ1) is 11.6. The lowest BCUT2D eigenvalue weighted by atomic mass is 10.2. The first-order valence-electron chi connectivity index (χ1n) is 4.71. The summed E-state index contributed by atoms with van der Waals surface area (Å²) in [4.78, 5) is 0. The molecule has 1 nitrogen and oxygen atoms in total. The highest BCUT2D eigenvalue weighted by Gasteiger charge is 2.32. The molecule has 80 valence electrons. The summed E-state index contributed by atoms with van der Waals surface area (Å²) in [5.74, 6) is 0. The van der Waals surface area contributed by atoms with Crippen LogP contribution in [0.4, 0.5) is 8.78 Å². The molecule has 0 aliphatic rings. The van der Waals surface area contributed by atoms with Crippen molar-refractivity contribution < 1.29 is 13.5 Å². The number of ether oxygens (including phenoxy) is 1. The van der Waals surface area contributed by atoms with Crippen molar-refractivity contribution in [3.05, 3.63) is 22.4 Å². The molecular weight excluding hydrogens is 206 g/mol. The molecule has 1 aromatic heterocycles. The molecule has 0 radical (unpaired) electrons. The average molecular weight is 220 g/mol. The van der Waals surface area contributed by atoms with Crippen LogP contribution in [0.25, 0.3) is 0 Å². The van der Waals surface area contributed by atoms with Gasteiger partial charge in [0, 0.05) is 5.38 Å². The highest BCUT2D eigenvalue weighted by molar-refractivity contribution is 7.07. The highest BCUT2D eigenvalue weighted by Crippen LogP contribution is 2.30. The van der Waals surface area contributed by atoms with Crippen LogP contribution in [-0.2, 0) is 10.8 Å². The Morgan fingerprint density at radius 3 is 2.79 bits per heavy atom. The van der Waals surface area contributed by atoms with Gasteiger partial charge in [0.25, 0.3) is 0 Å². The molecular formula is C10H14F2OS. The second-order valence-electron chi connectivity index (χ2n) is 3.08. The van der Waals surface area contributed by atoms with Crippen LogP contribution < -0.4 is 0 Å². The molecule has 0 N–H and O–H groups in total. The van der Waals surface area contributed by atoms with Crippen LogP contribution in [0.1, 0.15) is 31.7 Å². The van der Waals surface area contributed by atoms with Gasteiger partial charge in [-0.2, -0.15) is 20.1 Å². The zero-order valence-corrected chi connectivity index (χ0v) is 8.95. The van der Waals surface area contributed by atoms with Gasteiger partial charge in [-0.15, -0.1) is 0 Å². The van der Waals surface area contributed by atoms with Gasteiger partial charge in [-0.1, -0.05) is 19.8 Å². The summed E-state index contributed by atoms with van der Waals surface area (Å²) in [6, 6.07) is 1.39. The fraction of sp³-hybridized carbons (Fsp3) is 0.600. The van der Waals surface area contributed by atoms with Gasteiger partial charge in [0.15, 0.2) is 0 Å². The molecule has 1 heterocycles. The van der Waals surface area contributed by atoms with E-state index in [1.165, 1.54) is 22.8 Å². The maximum absolute atomic E-state index is 13.2. The van der Waals surface area contributed by atoms with E-state index in [9.17, 15) is 8.78 Å². The van der Waals surface area contributed by atoms with Crippen LogP contribution in [0.15, 0.2) is 16.8 Å². The molecule has 0 saturated heterocycles. The van der Waals surface area contributed by atoms with Gasteiger partial charge < -0.3 is 4.74 Å². The monoisotopic (exact) mass is 220 g/mol. The van der Waals surface area contributed by atoms with Gasteiger partial charge in [-0.05, 0) is 17.9 Å². The summed E-state index contributed by atoms with van der Waals surface area (Å²) in [6.07, 6.45) is -0.489. The predicted octanol–water partition coefficient (Wildman–Crippen LogP) is 4.00. The Morgan fingerprint density at radius 2 is 2.21 bits per heavy atom. The Balaban J connectivity index is 2.35. The first-order chi connectivity index (χ1) is 6.67. The number of alkyl halides is 2. The number of thiophene rings is 1. The van der Waals surface area contributed by atoms with Crippen LogP contribution in [0, 0.1) is 0 Å². The zero-order valence-electron chi connectivity index (χ0n) is 8.13. The van der Waals surface area contributed by atoms with Crippen LogP contribution in [-0.4, -0.2) is 6.61 Å².